The number of piperidine rings is 1. The zero-order valence-corrected chi connectivity index (χ0v) is 17.1. The average Bonchev–Trinajstić information content (AvgIpc) is 3.13. The second kappa shape index (κ2) is 8.81. The zero-order chi connectivity index (χ0) is 21.1. The van der Waals surface area contributed by atoms with E-state index in [1.807, 2.05) is 6.07 Å². The Morgan fingerprint density at radius 3 is 2.80 bits per heavy atom. The van der Waals surface area contributed by atoms with Crippen LogP contribution >= 0.6 is 0 Å². The third kappa shape index (κ3) is 4.29. The quantitative estimate of drug-likeness (QED) is 0.747. The summed E-state index contributed by atoms with van der Waals surface area (Å²) in [7, 11) is 0. The normalized spacial score (nSPS) is 23.3. The minimum absolute atomic E-state index is 0.0555. The maximum Gasteiger partial charge on any atom is 0.317 e. The van der Waals surface area contributed by atoms with E-state index in [0.29, 0.717) is 51.0 Å². The molecule has 2 atom stereocenters. The Morgan fingerprint density at radius 1 is 1.20 bits per heavy atom. The fourth-order valence-electron chi connectivity index (χ4n) is 4.13. The molecular formula is C21H27N3O6. The first-order chi connectivity index (χ1) is 14.5. The van der Waals surface area contributed by atoms with E-state index in [2.05, 4.69) is 5.32 Å². The number of benzene rings is 1. The van der Waals surface area contributed by atoms with Crippen molar-refractivity contribution in [3.63, 3.8) is 0 Å². The minimum Gasteiger partial charge on any atom is -0.486 e. The molecule has 2 fully saturated rings. The first-order valence-corrected chi connectivity index (χ1v) is 10.5. The molecule has 3 heterocycles. The van der Waals surface area contributed by atoms with E-state index in [1.54, 1.807) is 28.9 Å². The van der Waals surface area contributed by atoms with Crippen LogP contribution in [0.3, 0.4) is 0 Å². The maximum absolute atomic E-state index is 12.7. The molecule has 30 heavy (non-hydrogen) atoms. The molecular weight excluding hydrogens is 390 g/mol. The average molecular weight is 417 g/mol. The number of likely N-dealkylation sites (tertiary alicyclic amines) is 1. The van der Waals surface area contributed by atoms with E-state index in [-0.39, 0.29) is 36.3 Å². The minimum atomic E-state index is -0.291. The Kier molecular flexibility index (Phi) is 5.96. The Labute approximate surface area is 175 Å². The second-order valence-electron chi connectivity index (χ2n) is 7.72. The molecule has 9 nitrogen and oxygen atoms in total. The van der Waals surface area contributed by atoms with Crippen LogP contribution in [0, 0.1) is 5.92 Å². The highest BCUT2D eigenvalue weighted by atomic mass is 16.6. The number of anilines is 1. The highest BCUT2D eigenvalue weighted by molar-refractivity contribution is 5.97. The number of esters is 1. The number of ether oxygens (including phenoxy) is 3. The van der Waals surface area contributed by atoms with Gasteiger partial charge in [-0.05, 0) is 31.9 Å². The molecule has 9 heteroatoms. The predicted molar refractivity (Wildman–Crippen MR) is 108 cm³/mol. The number of carbonyl (C=O) groups excluding carboxylic acids is 3. The number of fused-ring (bicyclic) bond motifs is 1. The third-order valence-electron chi connectivity index (χ3n) is 5.62. The molecule has 3 aliphatic heterocycles. The summed E-state index contributed by atoms with van der Waals surface area (Å²) in [6, 6.07) is 4.88. The largest absolute Gasteiger partial charge is 0.486 e. The molecule has 3 aliphatic rings. The maximum atomic E-state index is 12.7. The van der Waals surface area contributed by atoms with Crippen LogP contribution < -0.4 is 19.7 Å². The summed E-state index contributed by atoms with van der Waals surface area (Å²) in [6.45, 7) is 4.42. The van der Waals surface area contributed by atoms with Crippen LogP contribution in [-0.4, -0.2) is 68.3 Å². The van der Waals surface area contributed by atoms with Crippen LogP contribution in [0.2, 0.25) is 0 Å². The fraction of sp³-hybridized carbons (Fsp3) is 0.571. The van der Waals surface area contributed by atoms with Crippen molar-refractivity contribution < 1.29 is 28.6 Å². The molecule has 1 N–H and O–H groups in total. The van der Waals surface area contributed by atoms with Crippen molar-refractivity contribution in [2.24, 2.45) is 5.92 Å². The van der Waals surface area contributed by atoms with Crippen molar-refractivity contribution in [2.45, 2.75) is 32.2 Å². The van der Waals surface area contributed by atoms with Crippen LogP contribution in [0.4, 0.5) is 10.5 Å². The van der Waals surface area contributed by atoms with E-state index in [0.717, 1.165) is 18.5 Å². The van der Waals surface area contributed by atoms with Crippen LogP contribution in [0.25, 0.3) is 0 Å². The van der Waals surface area contributed by atoms with E-state index in [4.69, 9.17) is 14.2 Å². The Hall–Kier alpha value is -2.97. The SMILES string of the molecule is CCOC(=O)[C@H]1CCCN(C(=O)N[C@H]2CC(=O)N(c3ccc4c(c3)OCCO4)C2)C1. The van der Waals surface area contributed by atoms with E-state index >= 15 is 0 Å². The molecule has 4 rings (SSSR count). The van der Waals surface area contributed by atoms with Crippen molar-refractivity contribution in [3.8, 4) is 11.5 Å². The molecule has 0 aliphatic carbocycles. The van der Waals surface area contributed by atoms with Crippen LogP contribution in [0.5, 0.6) is 11.5 Å². The lowest BCUT2D eigenvalue weighted by Gasteiger charge is -2.32. The lowest BCUT2D eigenvalue weighted by Crippen LogP contribution is -2.50. The molecule has 0 bridgehead atoms. The van der Waals surface area contributed by atoms with Gasteiger partial charge in [-0.3, -0.25) is 9.59 Å². The smallest absolute Gasteiger partial charge is 0.317 e. The third-order valence-corrected chi connectivity index (χ3v) is 5.62. The van der Waals surface area contributed by atoms with Gasteiger partial charge in [0.05, 0.1) is 18.6 Å². The zero-order valence-electron chi connectivity index (χ0n) is 17.1. The summed E-state index contributed by atoms with van der Waals surface area (Å²) < 4.78 is 16.2. The number of nitrogens with one attached hydrogen (secondary N) is 1. The number of rotatable bonds is 4. The number of hydrogen-bond acceptors (Lipinski definition) is 6. The molecule has 0 aromatic heterocycles. The molecule has 1 aromatic carbocycles. The van der Waals surface area contributed by atoms with Gasteiger partial charge in [0.25, 0.3) is 0 Å². The number of nitrogens with zero attached hydrogens (tertiary/aromatic N) is 2. The summed E-state index contributed by atoms with van der Waals surface area (Å²) in [5.74, 6) is 0.694. The van der Waals surface area contributed by atoms with E-state index in [9.17, 15) is 14.4 Å². The highest BCUT2D eigenvalue weighted by Gasteiger charge is 2.35. The van der Waals surface area contributed by atoms with Gasteiger partial charge in [0.15, 0.2) is 11.5 Å². The fourth-order valence-corrected chi connectivity index (χ4v) is 4.13. The Morgan fingerprint density at radius 2 is 2.00 bits per heavy atom. The molecule has 0 unspecified atom stereocenters. The second-order valence-corrected chi connectivity index (χ2v) is 7.72. The van der Waals surface area contributed by atoms with Crippen molar-refractivity contribution in [1.82, 2.24) is 10.2 Å². The lowest BCUT2D eigenvalue weighted by atomic mass is 9.98. The van der Waals surface area contributed by atoms with Gasteiger partial charge >= 0.3 is 12.0 Å². The van der Waals surface area contributed by atoms with Gasteiger partial charge in [-0.25, -0.2) is 4.79 Å². The molecule has 0 spiro atoms. The number of hydrogen-bond donors (Lipinski definition) is 1. The Bertz CT molecular complexity index is 829. The molecule has 162 valence electrons. The topological polar surface area (TPSA) is 97.4 Å². The van der Waals surface area contributed by atoms with Crippen molar-refractivity contribution in [2.75, 3.05) is 44.4 Å². The first kappa shape index (κ1) is 20.3. The van der Waals surface area contributed by atoms with Crippen LogP contribution in [0.15, 0.2) is 18.2 Å². The summed E-state index contributed by atoms with van der Waals surface area (Å²) in [5.41, 5.74) is 0.723. The summed E-state index contributed by atoms with van der Waals surface area (Å²) in [6.07, 6.45) is 1.71. The van der Waals surface area contributed by atoms with Gasteiger partial charge in [-0.2, -0.15) is 0 Å². The summed E-state index contributed by atoms with van der Waals surface area (Å²) >= 11 is 0. The molecule has 0 saturated carbocycles. The molecule has 0 radical (unpaired) electrons. The van der Waals surface area contributed by atoms with Crippen LogP contribution in [0.1, 0.15) is 26.2 Å². The number of amides is 3. The van der Waals surface area contributed by atoms with Gasteiger partial charge in [-0.15, -0.1) is 0 Å². The number of carbonyl (C=O) groups is 3. The Balaban J connectivity index is 1.35. The monoisotopic (exact) mass is 417 g/mol. The standard InChI is InChI=1S/C21H27N3O6/c1-2-28-20(26)14-4-3-7-23(12-14)21(27)22-15-10-19(25)24(13-15)16-5-6-17-18(11-16)30-9-8-29-17/h5-6,11,14-15H,2-4,7-10,12-13H2,1H3,(H,22,27)/t14-,15-/m0/s1. The highest BCUT2D eigenvalue weighted by Crippen LogP contribution is 2.35. The predicted octanol–water partition coefficient (Wildman–Crippen LogP) is 1.55. The molecule has 3 amide bonds. The first-order valence-electron chi connectivity index (χ1n) is 10.5. The number of urea groups is 1. The molecule has 2 saturated heterocycles. The summed E-state index contributed by atoms with van der Waals surface area (Å²) in [4.78, 5) is 40.6. The van der Waals surface area contributed by atoms with Crippen LogP contribution in [-0.2, 0) is 14.3 Å². The summed E-state index contributed by atoms with van der Waals surface area (Å²) in [5, 5.41) is 2.95. The van der Waals surface area contributed by atoms with Gasteiger partial charge in [0.2, 0.25) is 5.91 Å². The van der Waals surface area contributed by atoms with E-state index < -0.39 is 0 Å². The van der Waals surface area contributed by atoms with Crippen molar-refractivity contribution >= 4 is 23.6 Å². The van der Waals surface area contributed by atoms with Gasteiger partial charge in [0.1, 0.15) is 13.2 Å². The van der Waals surface area contributed by atoms with Crippen molar-refractivity contribution in [1.29, 1.82) is 0 Å². The van der Waals surface area contributed by atoms with Gasteiger partial charge in [-0.1, -0.05) is 0 Å². The lowest BCUT2D eigenvalue weighted by molar-refractivity contribution is -0.149. The van der Waals surface area contributed by atoms with Crippen molar-refractivity contribution in [3.05, 3.63) is 18.2 Å². The molecule has 1 aromatic rings. The van der Waals surface area contributed by atoms with Gasteiger partial charge in [0, 0.05) is 37.8 Å². The van der Waals surface area contributed by atoms with E-state index in [1.165, 1.54) is 0 Å². The van der Waals surface area contributed by atoms with Gasteiger partial charge < -0.3 is 29.3 Å².